The Hall–Kier alpha value is -0.450. The van der Waals surface area contributed by atoms with Crippen molar-refractivity contribution in [2.75, 3.05) is 13.7 Å². The third-order valence-corrected chi connectivity index (χ3v) is 2.12. The molecule has 0 aliphatic heterocycles. The molecule has 0 spiro atoms. The monoisotopic (exact) mass is 246 g/mol. The molecular weight excluding hydrogens is 235 g/mol. The number of hydrogen-bond donors (Lipinski definition) is 2. The fourth-order valence-electron chi connectivity index (χ4n) is 1.00. The zero-order chi connectivity index (χ0) is 9.68. The van der Waals surface area contributed by atoms with Crippen molar-refractivity contribution >= 4 is 15.9 Å². The van der Waals surface area contributed by atoms with Crippen molar-refractivity contribution in [3.63, 3.8) is 0 Å². The van der Waals surface area contributed by atoms with Gasteiger partial charge in [0, 0.05) is 23.2 Å². The highest BCUT2D eigenvalue weighted by Crippen LogP contribution is 2.14. The van der Waals surface area contributed by atoms with Crippen LogP contribution in [0.3, 0.4) is 0 Å². The van der Waals surface area contributed by atoms with Crippen molar-refractivity contribution in [2.24, 2.45) is 0 Å². The molecule has 1 aromatic rings. The third kappa shape index (κ3) is 3.42. The largest absolute Gasteiger partial charge is 0.308 e. The van der Waals surface area contributed by atoms with E-state index in [9.17, 15) is 4.39 Å². The number of halogens is 2. The summed E-state index contributed by atoms with van der Waals surface area (Å²) in [6.07, 6.45) is 0. The van der Waals surface area contributed by atoms with Crippen LogP contribution in [0, 0.1) is 5.82 Å². The fraction of sp³-hybridized carbons (Fsp3) is 0.333. The molecule has 2 N–H and O–H groups in total. The summed E-state index contributed by atoms with van der Waals surface area (Å²) < 4.78 is 14.0. The second kappa shape index (κ2) is 5.32. The first-order chi connectivity index (χ1) is 6.24. The van der Waals surface area contributed by atoms with E-state index in [0.29, 0.717) is 18.8 Å². The highest BCUT2D eigenvalue weighted by molar-refractivity contribution is 9.10. The summed E-state index contributed by atoms with van der Waals surface area (Å²) in [5, 5.41) is 5.97. The molecule has 0 radical (unpaired) electrons. The van der Waals surface area contributed by atoms with Crippen LogP contribution in [0.5, 0.6) is 0 Å². The molecular formula is C9H12BrFN2. The summed E-state index contributed by atoms with van der Waals surface area (Å²) in [5.74, 6) is -0.174. The minimum absolute atomic E-state index is 0.174. The molecule has 1 aromatic carbocycles. The van der Waals surface area contributed by atoms with Gasteiger partial charge < -0.3 is 10.6 Å². The van der Waals surface area contributed by atoms with Gasteiger partial charge in [-0.3, -0.25) is 0 Å². The molecule has 0 unspecified atom stereocenters. The standard InChI is InChI=1S/C9H12BrFN2/c1-12-6-13-5-7-4-8(10)2-3-9(7)11/h2-4,12-13H,5-6H2,1H3. The Kier molecular flexibility index (Phi) is 4.35. The Morgan fingerprint density at radius 1 is 1.46 bits per heavy atom. The maximum Gasteiger partial charge on any atom is 0.127 e. The second-order valence-electron chi connectivity index (χ2n) is 2.69. The van der Waals surface area contributed by atoms with E-state index in [4.69, 9.17) is 0 Å². The van der Waals surface area contributed by atoms with E-state index in [1.54, 1.807) is 12.1 Å². The zero-order valence-electron chi connectivity index (χ0n) is 7.40. The minimum atomic E-state index is -0.174. The average molecular weight is 247 g/mol. The maximum atomic E-state index is 13.1. The smallest absolute Gasteiger partial charge is 0.127 e. The Balaban J connectivity index is 2.59. The van der Waals surface area contributed by atoms with E-state index in [2.05, 4.69) is 26.6 Å². The van der Waals surface area contributed by atoms with Gasteiger partial charge in [-0.1, -0.05) is 15.9 Å². The van der Waals surface area contributed by atoms with Gasteiger partial charge in [0.05, 0.1) is 0 Å². The Labute approximate surface area is 85.7 Å². The molecule has 0 fully saturated rings. The van der Waals surface area contributed by atoms with Crippen molar-refractivity contribution in [1.82, 2.24) is 10.6 Å². The van der Waals surface area contributed by atoms with Gasteiger partial charge >= 0.3 is 0 Å². The van der Waals surface area contributed by atoms with E-state index >= 15 is 0 Å². The summed E-state index contributed by atoms with van der Waals surface area (Å²) in [5.41, 5.74) is 0.671. The predicted molar refractivity (Wildman–Crippen MR) is 54.9 cm³/mol. The topological polar surface area (TPSA) is 24.1 Å². The highest BCUT2D eigenvalue weighted by Gasteiger charge is 2.01. The van der Waals surface area contributed by atoms with Crippen molar-refractivity contribution < 1.29 is 4.39 Å². The summed E-state index contributed by atoms with van der Waals surface area (Å²) in [7, 11) is 1.84. The molecule has 0 atom stereocenters. The number of rotatable bonds is 4. The maximum absolute atomic E-state index is 13.1. The third-order valence-electron chi connectivity index (χ3n) is 1.62. The molecule has 1 rings (SSSR count). The zero-order valence-corrected chi connectivity index (χ0v) is 8.99. The van der Waals surface area contributed by atoms with E-state index in [-0.39, 0.29) is 5.82 Å². The van der Waals surface area contributed by atoms with Crippen molar-refractivity contribution in [1.29, 1.82) is 0 Å². The molecule has 0 aliphatic rings. The molecule has 0 aromatic heterocycles. The summed E-state index contributed by atoms with van der Waals surface area (Å²) >= 11 is 3.30. The molecule has 0 amide bonds. The van der Waals surface area contributed by atoms with Gasteiger partial charge in [-0.15, -0.1) is 0 Å². The van der Waals surface area contributed by atoms with Crippen LogP contribution in [0.15, 0.2) is 22.7 Å². The van der Waals surface area contributed by atoms with Crippen LogP contribution in [0.2, 0.25) is 0 Å². The minimum Gasteiger partial charge on any atom is -0.308 e. The lowest BCUT2D eigenvalue weighted by Crippen LogP contribution is -2.25. The van der Waals surface area contributed by atoms with E-state index < -0.39 is 0 Å². The first kappa shape index (κ1) is 10.6. The van der Waals surface area contributed by atoms with Crippen LogP contribution >= 0.6 is 15.9 Å². The van der Waals surface area contributed by atoms with Crippen LogP contribution in [0.1, 0.15) is 5.56 Å². The SMILES string of the molecule is CNCNCc1cc(Br)ccc1F. The van der Waals surface area contributed by atoms with E-state index in [0.717, 1.165) is 4.47 Å². The molecule has 4 heteroatoms. The van der Waals surface area contributed by atoms with Crippen LogP contribution in [0.25, 0.3) is 0 Å². The van der Waals surface area contributed by atoms with E-state index in [1.165, 1.54) is 6.07 Å². The molecule has 0 bridgehead atoms. The first-order valence-electron chi connectivity index (χ1n) is 4.03. The molecule has 2 nitrogen and oxygen atoms in total. The molecule has 0 heterocycles. The Morgan fingerprint density at radius 2 is 2.23 bits per heavy atom. The van der Waals surface area contributed by atoms with Crippen LogP contribution in [-0.2, 0) is 6.54 Å². The van der Waals surface area contributed by atoms with Gasteiger partial charge in [0.25, 0.3) is 0 Å². The van der Waals surface area contributed by atoms with Crippen LogP contribution in [0.4, 0.5) is 4.39 Å². The average Bonchev–Trinajstić information content (AvgIpc) is 2.11. The van der Waals surface area contributed by atoms with Gasteiger partial charge in [0.15, 0.2) is 0 Å². The van der Waals surface area contributed by atoms with Crippen LogP contribution in [-0.4, -0.2) is 13.7 Å². The van der Waals surface area contributed by atoms with Crippen molar-refractivity contribution in [3.8, 4) is 0 Å². The lowest BCUT2D eigenvalue weighted by atomic mass is 10.2. The lowest BCUT2D eigenvalue weighted by Gasteiger charge is -2.05. The normalized spacial score (nSPS) is 10.4. The summed E-state index contributed by atoms with van der Waals surface area (Å²) in [6.45, 7) is 1.21. The number of nitrogens with one attached hydrogen (secondary N) is 2. The summed E-state index contributed by atoms with van der Waals surface area (Å²) in [6, 6.07) is 4.93. The predicted octanol–water partition coefficient (Wildman–Crippen LogP) is 1.85. The highest BCUT2D eigenvalue weighted by atomic mass is 79.9. The molecule has 0 saturated heterocycles. The van der Waals surface area contributed by atoms with Gasteiger partial charge in [0.2, 0.25) is 0 Å². The Bertz CT molecular complexity index is 278. The lowest BCUT2D eigenvalue weighted by molar-refractivity contribution is 0.575. The van der Waals surface area contributed by atoms with Gasteiger partial charge in [-0.25, -0.2) is 4.39 Å². The fourth-order valence-corrected chi connectivity index (χ4v) is 1.41. The number of benzene rings is 1. The summed E-state index contributed by atoms with van der Waals surface area (Å²) in [4.78, 5) is 0. The molecule has 0 saturated carbocycles. The molecule has 0 aliphatic carbocycles. The number of hydrogen-bond acceptors (Lipinski definition) is 2. The second-order valence-corrected chi connectivity index (χ2v) is 3.61. The molecule has 13 heavy (non-hydrogen) atoms. The van der Waals surface area contributed by atoms with Gasteiger partial charge in [0.1, 0.15) is 5.82 Å². The quantitative estimate of drug-likeness (QED) is 0.626. The van der Waals surface area contributed by atoms with Gasteiger partial charge in [-0.2, -0.15) is 0 Å². The van der Waals surface area contributed by atoms with Crippen molar-refractivity contribution in [3.05, 3.63) is 34.1 Å². The Morgan fingerprint density at radius 3 is 2.92 bits per heavy atom. The van der Waals surface area contributed by atoms with E-state index in [1.807, 2.05) is 7.05 Å². The van der Waals surface area contributed by atoms with Crippen LogP contribution < -0.4 is 10.6 Å². The van der Waals surface area contributed by atoms with Crippen molar-refractivity contribution in [2.45, 2.75) is 6.54 Å². The molecule has 72 valence electrons. The first-order valence-corrected chi connectivity index (χ1v) is 4.82. The van der Waals surface area contributed by atoms with Gasteiger partial charge in [-0.05, 0) is 25.2 Å².